The van der Waals surface area contributed by atoms with Crippen molar-refractivity contribution in [2.24, 2.45) is 66.8 Å². The monoisotopic (exact) mass is 1870 g/mol. The highest BCUT2D eigenvalue weighted by atomic mass is 33.1. The summed E-state index contributed by atoms with van der Waals surface area (Å²) < 4.78 is 0. The van der Waals surface area contributed by atoms with E-state index in [0.29, 0.717) is 16.9 Å². The van der Waals surface area contributed by atoms with E-state index in [1.807, 2.05) is 0 Å². The Morgan fingerprint density at radius 1 is 0.594 bits per heavy atom. The lowest BCUT2D eigenvalue weighted by Gasteiger charge is -2.30. The van der Waals surface area contributed by atoms with Gasteiger partial charge in [-0.15, -0.1) is 0 Å². The standard InChI is InChI=1S/C78H121N27O19S4/c1-5-41(2)61-74(123)101-55(37-106)70(119)103-57(72(121)97-51(31-43-19-21-45(107)22-20-43)67(116)94-47(62(80)111)15-9-25-88-76(81)82)39-128-127-38-56(102-63(112)46(79)23-29-125-3)71(120)98-52(33-44-35-87-40-92-44)68(117)100-54(32-42-13-7-6-8-14-42)75(124)105-28-12-18-58(105)73(122)91-36-59(108)93-48(16-10-26-89-77(83)84)64(113)96-50(24-30-126-4)65(114)99-53(34-60(109)110)69(118)95-49(66(115)104-61)17-11-27-90-78(85)86/h6-8,13-14,19-22,35,40-41,46-58,61,106-107H,5,9-12,15-18,23-34,36-39,79H2,1-4H3,(H2,80,111)(H,87,92)(H,91,122)(H,93,108)(H,94,116)(H,95,118)(H,96,113)(H,97,121)(H,98,120)(H,99,114)(H,100,117)(H,101,123)(H,102,112)(H,103,119)(H,104,115)(H,109,110)(H4,81,82,88)(H4,83,84,89)(H4,85,86,90)/t41-,46-,47-,48-,49+,50+,51-,52-,53-,54+,55+,56-,57+,58-,61-/m0/s1. The van der Waals surface area contributed by atoms with Crippen LogP contribution in [-0.4, -0.2) is 302 Å². The predicted molar refractivity (Wildman–Crippen MR) is 482 cm³/mol. The van der Waals surface area contributed by atoms with Crippen molar-refractivity contribution in [2.75, 3.05) is 74.9 Å². The number of carboxylic acids is 1. The summed E-state index contributed by atoms with van der Waals surface area (Å²) in [4.78, 5) is 252. The van der Waals surface area contributed by atoms with E-state index < -0.39 is 216 Å². The molecule has 706 valence electrons. The van der Waals surface area contributed by atoms with Gasteiger partial charge in [0.15, 0.2) is 17.9 Å². The average Bonchev–Trinajstić information content (AvgIpc) is 1.65. The van der Waals surface area contributed by atoms with Crippen LogP contribution in [0, 0.1) is 5.92 Å². The first kappa shape index (κ1) is 107. The number of H-pyrrole nitrogens is 1. The second kappa shape index (κ2) is 56.3. The third-order valence-electron chi connectivity index (χ3n) is 20.2. The van der Waals surface area contributed by atoms with Gasteiger partial charge in [0.1, 0.15) is 84.3 Å². The van der Waals surface area contributed by atoms with E-state index in [0.717, 1.165) is 21.6 Å². The lowest BCUT2D eigenvalue weighted by Crippen LogP contribution is -2.62. The second-order valence-corrected chi connectivity index (χ2v) is 34.6. The van der Waals surface area contributed by atoms with Gasteiger partial charge in [0.2, 0.25) is 88.6 Å². The Hall–Kier alpha value is -11.9. The maximum atomic E-state index is 15.2. The van der Waals surface area contributed by atoms with E-state index >= 15 is 19.2 Å². The molecule has 3 heterocycles. The first-order chi connectivity index (χ1) is 60.9. The number of nitrogens with two attached hydrogens (primary N) is 8. The number of primary amides is 1. The Bertz CT molecular complexity index is 4300. The molecule has 0 aliphatic carbocycles. The van der Waals surface area contributed by atoms with Crippen LogP contribution in [0.2, 0.25) is 0 Å². The Labute approximate surface area is 755 Å². The molecule has 3 aromatic rings. The van der Waals surface area contributed by atoms with Crippen molar-refractivity contribution in [1.82, 2.24) is 84.0 Å². The first-order valence-electron chi connectivity index (χ1n) is 41.2. The van der Waals surface area contributed by atoms with Crippen molar-refractivity contribution < 1.29 is 92.0 Å². The molecule has 0 saturated carbocycles. The largest absolute Gasteiger partial charge is 0.508 e. The molecule has 5 rings (SSSR count). The number of phenolic OH excluding ortho intramolecular Hbond substituents is 1. The van der Waals surface area contributed by atoms with Gasteiger partial charge < -0.3 is 140 Å². The van der Waals surface area contributed by atoms with Crippen LogP contribution in [0.15, 0.2) is 82.1 Å². The number of fused-ring (bicyclic) bond motifs is 1. The third-order valence-corrected chi connectivity index (χ3v) is 23.9. The molecule has 15 amide bonds. The van der Waals surface area contributed by atoms with Crippen molar-refractivity contribution in [3.63, 3.8) is 0 Å². The minimum Gasteiger partial charge on any atom is -0.508 e. The van der Waals surface area contributed by atoms with Crippen LogP contribution in [0.5, 0.6) is 5.75 Å². The van der Waals surface area contributed by atoms with Crippen molar-refractivity contribution in [1.29, 1.82) is 0 Å². The van der Waals surface area contributed by atoms with Gasteiger partial charge in [-0.25, -0.2) is 4.98 Å². The van der Waals surface area contributed by atoms with Gasteiger partial charge in [-0.3, -0.25) is 91.7 Å². The molecule has 50 heteroatoms. The number of nitrogens with zero attached hydrogens (tertiary/aromatic N) is 5. The fraction of sp³-hybridized carbons (Fsp3) is 0.564. The Kier molecular flexibility index (Phi) is 46.9. The number of imidazole rings is 1. The molecule has 0 bridgehead atoms. The number of nitrogens with one attached hydrogen (secondary N) is 14. The number of benzene rings is 2. The number of aliphatic hydroxyl groups excluding tert-OH is 1. The lowest BCUT2D eigenvalue weighted by atomic mass is 9.97. The lowest BCUT2D eigenvalue weighted by molar-refractivity contribution is -0.142. The van der Waals surface area contributed by atoms with E-state index in [-0.39, 0.29) is 151 Å². The number of hydrogen-bond donors (Lipinski definition) is 25. The number of aliphatic carboxylic acids is 1. The van der Waals surface area contributed by atoms with Gasteiger partial charge >= 0.3 is 5.97 Å². The number of aromatic hydroxyl groups is 1. The zero-order chi connectivity index (χ0) is 94.5. The number of carboxylic acid groups (broad SMARTS) is 1. The van der Waals surface area contributed by atoms with Gasteiger partial charge in [0.05, 0.1) is 37.6 Å². The molecular weight excluding hydrogens is 1750 g/mol. The van der Waals surface area contributed by atoms with E-state index in [2.05, 4.69) is 94.1 Å². The summed E-state index contributed by atoms with van der Waals surface area (Å²) in [5.41, 5.74) is 46.6. The SMILES string of the molecule is CC[C@H](C)[C@@H]1NC(=O)[C@@H](CCCN=C(N)N)NC(=O)[C@H](CC(=O)O)NC(=O)[C@@H](CCSC)NC(=O)[C@H](CCCN=C(N)N)NC(=O)CNC(=O)[C@@H]2CCCN2C(=O)[C@@H](Cc2ccccc2)NC(=O)[C@H](Cc2c[nH]cn2)NC(=O)[C@@H](NC(=O)[C@@H](N)CCSC)CSSC[C@H](C(=O)N[C@@H](Cc2ccc(O)cc2)C(=O)N[C@@H](CCCN=C(N)N)C(N)=O)NC(=O)[C@@H](CO)NC1=O. The van der Waals surface area contributed by atoms with Gasteiger partial charge in [-0.2, -0.15) is 23.5 Å². The van der Waals surface area contributed by atoms with Crippen LogP contribution in [0.1, 0.15) is 108 Å². The number of aliphatic hydroxyl groups is 1. The van der Waals surface area contributed by atoms with Crippen molar-refractivity contribution in [3.8, 4) is 5.75 Å². The second-order valence-electron chi connectivity index (χ2n) is 30.1. The number of aliphatic imine (C=N–C) groups is 3. The molecule has 2 aromatic carbocycles. The number of phenols is 1. The summed E-state index contributed by atoms with van der Waals surface area (Å²) in [6.45, 7) is 0.898. The summed E-state index contributed by atoms with van der Waals surface area (Å²) in [6.07, 6.45) is 3.98. The van der Waals surface area contributed by atoms with Crippen LogP contribution < -0.4 is 115 Å². The number of amides is 15. The zero-order valence-electron chi connectivity index (χ0n) is 71.6. The summed E-state index contributed by atoms with van der Waals surface area (Å²) in [5.74, 6) is -19.3. The Balaban J connectivity index is 1.70. The number of carbonyl (C=O) groups excluding carboxylic acids is 15. The normalized spacial score (nSPS) is 22.5. The van der Waals surface area contributed by atoms with Gasteiger partial charge in [-0.05, 0) is 117 Å². The van der Waals surface area contributed by atoms with E-state index in [4.69, 9.17) is 45.9 Å². The molecule has 15 atom stereocenters. The van der Waals surface area contributed by atoms with E-state index in [9.17, 15) is 72.9 Å². The van der Waals surface area contributed by atoms with Crippen molar-refractivity contribution in [2.45, 2.75) is 195 Å². The first-order valence-corrected chi connectivity index (χ1v) is 46.5. The van der Waals surface area contributed by atoms with E-state index in [1.54, 1.807) is 49.8 Å². The van der Waals surface area contributed by atoms with Crippen LogP contribution in [-0.2, 0) is 96.0 Å². The fourth-order valence-electron chi connectivity index (χ4n) is 13.0. The fourth-order valence-corrected chi connectivity index (χ4v) is 16.3. The van der Waals surface area contributed by atoms with Crippen LogP contribution >= 0.6 is 45.1 Å². The van der Waals surface area contributed by atoms with Crippen molar-refractivity contribution >= 4 is 158 Å². The zero-order valence-corrected chi connectivity index (χ0v) is 74.8. The Morgan fingerprint density at radius 2 is 1.15 bits per heavy atom. The van der Waals surface area contributed by atoms with Crippen molar-refractivity contribution in [3.05, 3.63) is 83.9 Å². The van der Waals surface area contributed by atoms with Gasteiger partial charge in [0, 0.05) is 63.1 Å². The molecule has 46 nitrogen and oxygen atoms in total. The Morgan fingerprint density at radius 3 is 1.73 bits per heavy atom. The molecule has 2 fully saturated rings. The highest BCUT2D eigenvalue weighted by Gasteiger charge is 2.42. The molecule has 0 unspecified atom stereocenters. The molecule has 0 radical (unpaired) electrons. The molecule has 2 aliphatic heterocycles. The number of rotatable bonds is 36. The minimum atomic E-state index is -2.02. The minimum absolute atomic E-state index is 0.0128. The number of guanidine groups is 3. The van der Waals surface area contributed by atoms with Gasteiger partial charge in [-0.1, -0.05) is 84.3 Å². The van der Waals surface area contributed by atoms with E-state index in [1.165, 1.54) is 72.1 Å². The predicted octanol–water partition coefficient (Wildman–Crippen LogP) is -7.54. The smallest absolute Gasteiger partial charge is 0.305 e. The maximum absolute atomic E-state index is 15.2. The molecule has 1 aromatic heterocycles. The molecule has 0 spiro atoms. The molecular formula is C78H121N27O19S4. The number of aromatic amines is 1. The highest BCUT2D eigenvalue weighted by molar-refractivity contribution is 8.76. The summed E-state index contributed by atoms with van der Waals surface area (Å²) in [6, 6.07) is -8.66. The number of hydrogen-bond acceptors (Lipinski definition) is 27. The van der Waals surface area contributed by atoms with Crippen LogP contribution in [0.4, 0.5) is 0 Å². The molecule has 2 saturated heterocycles. The van der Waals surface area contributed by atoms with Gasteiger partial charge in [0.25, 0.3) is 0 Å². The summed E-state index contributed by atoms with van der Waals surface area (Å²) >= 11 is 2.61. The molecule has 33 N–H and O–H groups in total. The third kappa shape index (κ3) is 38.0. The number of aromatic nitrogens is 2. The number of thioether (sulfide) groups is 2. The quantitative estimate of drug-likeness (QED) is 0.0111. The topological polar surface area (TPSA) is 767 Å². The summed E-state index contributed by atoms with van der Waals surface area (Å²) in [5, 5.41) is 64.7. The van der Waals surface area contributed by atoms with Crippen LogP contribution in [0.3, 0.4) is 0 Å². The summed E-state index contributed by atoms with van der Waals surface area (Å²) in [7, 11) is 1.62. The highest BCUT2D eigenvalue weighted by Crippen LogP contribution is 2.26. The van der Waals surface area contributed by atoms with Crippen LogP contribution in [0.25, 0.3) is 0 Å². The molecule has 2 aliphatic rings. The number of carbonyl (C=O) groups is 16. The molecule has 128 heavy (non-hydrogen) atoms. The maximum Gasteiger partial charge on any atom is 0.305 e. The average molecular weight is 1870 g/mol.